The highest BCUT2D eigenvalue weighted by molar-refractivity contribution is 5.75. The van der Waals surface area contributed by atoms with Gasteiger partial charge in [0.1, 0.15) is 6.04 Å². The molecule has 14 heavy (non-hydrogen) atoms. The van der Waals surface area contributed by atoms with Crippen molar-refractivity contribution in [1.82, 2.24) is 5.32 Å². The van der Waals surface area contributed by atoms with Crippen molar-refractivity contribution in [3.63, 3.8) is 0 Å². The van der Waals surface area contributed by atoms with Crippen molar-refractivity contribution < 1.29 is 9.90 Å². The van der Waals surface area contributed by atoms with E-state index in [1.54, 1.807) is 6.19 Å². The number of hydrogen-bond donors (Lipinski definition) is 4. The molecular formula is C7H13N5O2. The molecule has 78 valence electrons. The minimum Gasteiger partial charge on any atom is -0.480 e. The summed E-state index contributed by atoms with van der Waals surface area (Å²) < 4.78 is 0. The van der Waals surface area contributed by atoms with Crippen molar-refractivity contribution in [2.45, 2.75) is 18.9 Å². The molecule has 0 aromatic carbocycles. The van der Waals surface area contributed by atoms with Gasteiger partial charge in [0.05, 0.1) is 0 Å². The van der Waals surface area contributed by atoms with Gasteiger partial charge in [0.25, 0.3) is 0 Å². The monoisotopic (exact) mass is 199 g/mol. The topological polar surface area (TPSA) is 138 Å². The van der Waals surface area contributed by atoms with Gasteiger partial charge in [0.15, 0.2) is 12.2 Å². The van der Waals surface area contributed by atoms with Crippen LogP contribution in [0.25, 0.3) is 0 Å². The first-order chi connectivity index (χ1) is 6.57. The summed E-state index contributed by atoms with van der Waals surface area (Å²) in [6.07, 6.45) is 2.39. The minimum atomic E-state index is -1.06. The number of nitriles is 1. The SMILES string of the molecule is N#CN[C@@H](CCCN=C(N)N)C(=O)O. The Morgan fingerprint density at radius 1 is 1.64 bits per heavy atom. The molecule has 7 nitrogen and oxygen atoms in total. The van der Waals surface area contributed by atoms with Crippen LogP contribution in [0.5, 0.6) is 0 Å². The van der Waals surface area contributed by atoms with E-state index < -0.39 is 12.0 Å². The molecule has 0 amide bonds. The number of carboxylic acids is 1. The number of rotatable bonds is 6. The predicted octanol–water partition coefficient (Wildman–Crippen LogP) is -1.44. The van der Waals surface area contributed by atoms with Gasteiger partial charge in [-0.25, -0.2) is 4.79 Å². The molecule has 0 rings (SSSR count). The van der Waals surface area contributed by atoms with Crippen LogP contribution in [0.15, 0.2) is 4.99 Å². The normalized spacial score (nSPS) is 11.1. The van der Waals surface area contributed by atoms with Gasteiger partial charge >= 0.3 is 5.97 Å². The predicted molar refractivity (Wildman–Crippen MR) is 50.1 cm³/mol. The van der Waals surface area contributed by atoms with Crippen molar-refractivity contribution in [3.8, 4) is 6.19 Å². The lowest BCUT2D eigenvalue weighted by Crippen LogP contribution is -2.33. The van der Waals surface area contributed by atoms with Gasteiger partial charge in [-0.05, 0) is 12.8 Å². The first-order valence-corrected chi connectivity index (χ1v) is 4.00. The van der Waals surface area contributed by atoms with Gasteiger partial charge < -0.3 is 21.9 Å². The summed E-state index contributed by atoms with van der Waals surface area (Å²) in [6, 6.07) is -0.866. The second kappa shape index (κ2) is 6.54. The molecule has 0 saturated heterocycles. The van der Waals surface area contributed by atoms with E-state index in [2.05, 4.69) is 10.3 Å². The third kappa shape index (κ3) is 5.65. The molecule has 0 aromatic heterocycles. The number of hydrogen-bond acceptors (Lipinski definition) is 4. The fourth-order valence-electron chi connectivity index (χ4n) is 0.839. The molecule has 7 heteroatoms. The average molecular weight is 199 g/mol. The summed E-state index contributed by atoms with van der Waals surface area (Å²) in [6.45, 7) is 0.360. The van der Waals surface area contributed by atoms with E-state index in [-0.39, 0.29) is 5.96 Å². The Balaban J connectivity index is 3.79. The molecule has 0 radical (unpaired) electrons. The maximum absolute atomic E-state index is 10.5. The van der Waals surface area contributed by atoms with E-state index in [0.29, 0.717) is 19.4 Å². The molecule has 0 fully saturated rings. The van der Waals surface area contributed by atoms with Gasteiger partial charge in [-0.3, -0.25) is 4.99 Å². The largest absolute Gasteiger partial charge is 0.480 e. The fourth-order valence-corrected chi connectivity index (χ4v) is 0.839. The number of aliphatic imine (C=N–C) groups is 1. The molecular weight excluding hydrogens is 186 g/mol. The van der Waals surface area contributed by atoms with Gasteiger partial charge in [-0.1, -0.05) is 0 Å². The van der Waals surface area contributed by atoms with Crippen LogP contribution in [0.4, 0.5) is 0 Å². The zero-order chi connectivity index (χ0) is 11.0. The average Bonchev–Trinajstić information content (AvgIpc) is 2.09. The standard InChI is InChI=1S/C7H13N5O2/c8-4-12-5(6(13)14)2-1-3-11-7(9)10/h5,12H,1-3H2,(H,13,14)(H4,9,10,11)/t5-/m0/s1. The number of aliphatic carboxylic acids is 1. The molecule has 0 unspecified atom stereocenters. The summed E-state index contributed by atoms with van der Waals surface area (Å²) in [4.78, 5) is 14.2. The van der Waals surface area contributed by atoms with Crippen LogP contribution in [-0.2, 0) is 4.79 Å². The van der Waals surface area contributed by atoms with Crippen LogP contribution >= 0.6 is 0 Å². The molecule has 0 spiro atoms. The lowest BCUT2D eigenvalue weighted by Gasteiger charge is -2.08. The third-order valence-electron chi connectivity index (χ3n) is 1.48. The van der Waals surface area contributed by atoms with E-state index >= 15 is 0 Å². The zero-order valence-corrected chi connectivity index (χ0v) is 7.60. The molecule has 0 aliphatic heterocycles. The van der Waals surface area contributed by atoms with E-state index in [1.165, 1.54) is 0 Å². The van der Waals surface area contributed by atoms with Gasteiger partial charge in [0, 0.05) is 6.54 Å². The van der Waals surface area contributed by atoms with Crippen LogP contribution < -0.4 is 16.8 Å². The van der Waals surface area contributed by atoms with Crippen LogP contribution in [0.3, 0.4) is 0 Å². The van der Waals surface area contributed by atoms with Crippen LogP contribution in [0.2, 0.25) is 0 Å². The number of nitrogens with two attached hydrogens (primary N) is 2. The molecule has 0 aliphatic rings. The third-order valence-corrected chi connectivity index (χ3v) is 1.48. The van der Waals surface area contributed by atoms with Crippen molar-refractivity contribution in [1.29, 1.82) is 5.26 Å². The lowest BCUT2D eigenvalue weighted by atomic mass is 10.1. The van der Waals surface area contributed by atoms with Gasteiger partial charge in [-0.2, -0.15) is 5.26 Å². The van der Waals surface area contributed by atoms with Crippen molar-refractivity contribution >= 4 is 11.9 Å². The van der Waals surface area contributed by atoms with E-state index in [1.807, 2.05) is 0 Å². The summed E-state index contributed by atoms with van der Waals surface area (Å²) in [5.41, 5.74) is 10.1. The van der Waals surface area contributed by atoms with Crippen LogP contribution in [-0.4, -0.2) is 29.6 Å². The fraction of sp³-hybridized carbons (Fsp3) is 0.571. The highest BCUT2D eigenvalue weighted by atomic mass is 16.4. The Bertz CT molecular complexity index is 253. The number of nitrogens with zero attached hydrogens (tertiary/aromatic N) is 2. The van der Waals surface area contributed by atoms with E-state index in [4.69, 9.17) is 21.8 Å². The highest BCUT2D eigenvalue weighted by Gasteiger charge is 2.14. The Morgan fingerprint density at radius 2 is 2.29 bits per heavy atom. The maximum Gasteiger partial charge on any atom is 0.326 e. The van der Waals surface area contributed by atoms with E-state index in [0.717, 1.165) is 0 Å². The molecule has 0 bridgehead atoms. The number of carbonyl (C=O) groups is 1. The maximum atomic E-state index is 10.5. The van der Waals surface area contributed by atoms with Gasteiger partial charge in [0.2, 0.25) is 0 Å². The van der Waals surface area contributed by atoms with Crippen LogP contribution in [0.1, 0.15) is 12.8 Å². The summed E-state index contributed by atoms with van der Waals surface area (Å²) in [5, 5.41) is 19.0. The number of guanidine groups is 1. The molecule has 0 aromatic rings. The molecule has 0 heterocycles. The van der Waals surface area contributed by atoms with Crippen molar-refractivity contribution in [3.05, 3.63) is 0 Å². The van der Waals surface area contributed by atoms with E-state index in [9.17, 15) is 4.79 Å². The Labute approximate surface area is 81.4 Å². The molecule has 0 aliphatic carbocycles. The van der Waals surface area contributed by atoms with Crippen molar-refractivity contribution in [2.75, 3.05) is 6.54 Å². The molecule has 6 N–H and O–H groups in total. The zero-order valence-electron chi connectivity index (χ0n) is 7.60. The Hall–Kier alpha value is -1.97. The van der Waals surface area contributed by atoms with Crippen LogP contribution in [0, 0.1) is 11.5 Å². The lowest BCUT2D eigenvalue weighted by molar-refractivity contribution is -0.139. The van der Waals surface area contributed by atoms with Gasteiger partial charge in [-0.15, -0.1) is 0 Å². The highest BCUT2D eigenvalue weighted by Crippen LogP contribution is 1.97. The minimum absolute atomic E-state index is 0.0230. The quantitative estimate of drug-likeness (QED) is 0.136. The second-order valence-electron chi connectivity index (χ2n) is 2.60. The van der Waals surface area contributed by atoms with Crippen molar-refractivity contribution in [2.24, 2.45) is 16.5 Å². The first-order valence-electron chi connectivity index (χ1n) is 4.00. The Kier molecular flexibility index (Phi) is 5.62. The first kappa shape index (κ1) is 12.0. The summed E-state index contributed by atoms with van der Waals surface area (Å²) in [7, 11) is 0. The Morgan fingerprint density at radius 3 is 2.71 bits per heavy atom. The molecule has 1 atom stereocenters. The molecule has 0 saturated carbocycles. The summed E-state index contributed by atoms with van der Waals surface area (Å²) in [5.74, 6) is -1.08. The smallest absolute Gasteiger partial charge is 0.326 e. The summed E-state index contributed by atoms with van der Waals surface area (Å²) >= 11 is 0. The number of carboxylic acid groups (broad SMARTS) is 1. The number of nitrogens with one attached hydrogen (secondary N) is 1. The second-order valence-corrected chi connectivity index (χ2v) is 2.60.